The van der Waals surface area contributed by atoms with Crippen LogP contribution in [0.4, 0.5) is 0 Å². The van der Waals surface area contributed by atoms with Crippen LogP contribution in [0.3, 0.4) is 0 Å². The van der Waals surface area contributed by atoms with Gasteiger partial charge in [-0.2, -0.15) is 0 Å². The summed E-state index contributed by atoms with van der Waals surface area (Å²) < 4.78 is 0. The van der Waals surface area contributed by atoms with Gasteiger partial charge in [-0.05, 0) is 24.5 Å². The third-order valence-corrected chi connectivity index (χ3v) is 6.70. The van der Waals surface area contributed by atoms with E-state index in [0.29, 0.717) is 44.9 Å². The summed E-state index contributed by atoms with van der Waals surface area (Å²) in [5.74, 6) is 1.01. The lowest BCUT2D eigenvalue weighted by molar-refractivity contribution is -0.132. The van der Waals surface area contributed by atoms with Crippen LogP contribution < -0.4 is 0 Å². The summed E-state index contributed by atoms with van der Waals surface area (Å²) in [6.45, 7) is 7.16. The van der Waals surface area contributed by atoms with Crippen LogP contribution in [-0.2, 0) is 14.4 Å². The number of aryl methyl sites for hydroxylation is 1. The molecule has 28 heavy (non-hydrogen) atoms. The number of likely N-dealkylation sites (tertiary alicyclic amines) is 3. The first kappa shape index (κ1) is 19.0. The average molecular weight is 383 g/mol. The van der Waals surface area contributed by atoms with Gasteiger partial charge >= 0.3 is 0 Å². The molecule has 3 atom stereocenters. The highest BCUT2D eigenvalue weighted by Crippen LogP contribution is 2.45. The van der Waals surface area contributed by atoms with E-state index < -0.39 is 0 Å². The van der Waals surface area contributed by atoms with E-state index >= 15 is 0 Å². The number of hydrogen-bond acceptors (Lipinski definition) is 3. The first-order valence-electron chi connectivity index (χ1n) is 10.3. The number of benzene rings is 1. The summed E-state index contributed by atoms with van der Waals surface area (Å²) in [7, 11) is 0. The molecular formula is C22H29N3O3. The predicted octanol–water partition coefficient (Wildman–Crippen LogP) is 1.99. The molecule has 0 bridgehead atoms. The molecule has 3 saturated heterocycles. The largest absolute Gasteiger partial charge is 0.342 e. The normalized spacial score (nSPS) is 26.9. The summed E-state index contributed by atoms with van der Waals surface area (Å²) in [6, 6.07) is 8.29. The maximum Gasteiger partial charge on any atom is 0.224 e. The third-order valence-electron chi connectivity index (χ3n) is 6.70. The molecule has 0 radical (unpaired) electrons. The Labute approximate surface area is 166 Å². The highest BCUT2D eigenvalue weighted by molar-refractivity contribution is 5.80. The molecule has 0 aromatic heterocycles. The Balaban J connectivity index is 1.45. The van der Waals surface area contributed by atoms with Crippen molar-refractivity contribution in [3.8, 4) is 0 Å². The van der Waals surface area contributed by atoms with Crippen LogP contribution in [-0.4, -0.2) is 65.1 Å². The van der Waals surface area contributed by atoms with Crippen molar-refractivity contribution in [3.63, 3.8) is 0 Å². The third kappa shape index (κ3) is 3.40. The zero-order chi connectivity index (χ0) is 19.8. The van der Waals surface area contributed by atoms with Gasteiger partial charge < -0.3 is 14.7 Å². The van der Waals surface area contributed by atoms with Gasteiger partial charge in [0.25, 0.3) is 0 Å². The summed E-state index contributed by atoms with van der Waals surface area (Å²) in [6.07, 6.45) is 1.91. The van der Waals surface area contributed by atoms with Gasteiger partial charge in [0, 0.05) is 64.3 Å². The first-order chi connectivity index (χ1) is 13.5. The second-order valence-corrected chi connectivity index (χ2v) is 8.43. The maximum absolute atomic E-state index is 12.8. The Morgan fingerprint density at radius 2 is 1.93 bits per heavy atom. The van der Waals surface area contributed by atoms with Gasteiger partial charge in [-0.3, -0.25) is 14.4 Å². The van der Waals surface area contributed by atoms with Gasteiger partial charge in [0.05, 0.1) is 6.04 Å². The second kappa shape index (κ2) is 7.57. The molecule has 150 valence electrons. The summed E-state index contributed by atoms with van der Waals surface area (Å²) >= 11 is 0. The number of hydrogen-bond donors (Lipinski definition) is 0. The van der Waals surface area contributed by atoms with Crippen LogP contribution in [0.5, 0.6) is 0 Å². The van der Waals surface area contributed by atoms with Crippen molar-refractivity contribution in [3.05, 3.63) is 35.4 Å². The fraction of sp³-hybridized carbons (Fsp3) is 0.591. The van der Waals surface area contributed by atoms with Gasteiger partial charge in [-0.15, -0.1) is 0 Å². The van der Waals surface area contributed by atoms with Crippen molar-refractivity contribution in [2.24, 2.45) is 11.8 Å². The maximum atomic E-state index is 12.8. The summed E-state index contributed by atoms with van der Waals surface area (Å²) in [4.78, 5) is 42.6. The van der Waals surface area contributed by atoms with Gasteiger partial charge in [0.2, 0.25) is 17.7 Å². The zero-order valence-electron chi connectivity index (χ0n) is 16.8. The molecule has 3 amide bonds. The lowest BCUT2D eigenvalue weighted by Crippen LogP contribution is -2.38. The SMILES string of the molecule is CC(=O)N1C[C@H]2CN(C(=O)CCN3CCCC3=O)C[C@H]2[C@H]1c1ccccc1C. The Hall–Kier alpha value is -2.37. The van der Waals surface area contributed by atoms with Crippen LogP contribution in [0.25, 0.3) is 0 Å². The van der Waals surface area contributed by atoms with E-state index in [4.69, 9.17) is 0 Å². The molecule has 6 heteroatoms. The molecule has 0 aliphatic carbocycles. The second-order valence-electron chi connectivity index (χ2n) is 8.43. The van der Waals surface area contributed by atoms with E-state index in [9.17, 15) is 14.4 Å². The molecular weight excluding hydrogens is 354 g/mol. The van der Waals surface area contributed by atoms with Crippen molar-refractivity contribution >= 4 is 17.7 Å². The van der Waals surface area contributed by atoms with E-state index in [1.807, 2.05) is 26.8 Å². The highest BCUT2D eigenvalue weighted by atomic mass is 16.2. The number of fused-ring (bicyclic) bond motifs is 1. The molecule has 3 aliphatic rings. The van der Waals surface area contributed by atoms with Crippen molar-refractivity contribution in [1.82, 2.24) is 14.7 Å². The number of carbonyl (C=O) groups is 3. The smallest absolute Gasteiger partial charge is 0.224 e. The van der Waals surface area contributed by atoms with Crippen molar-refractivity contribution in [2.45, 2.75) is 39.2 Å². The average Bonchev–Trinajstić information content (AvgIpc) is 3.34. The first-order valence-corrected chi connectivity index (χ1v) is 10.3. The monoisotopic (exact) mass is 383 g/mol. The molecule has 3 fully saturated rings. The topological polar surface area (TPSA) is 60.9 Å². The molecule has 4 rings (SSSR count). The molecule has 0 N–H and O–H groups in total. The van der Waals surface area contributed by atoms with E-state index in [1.165, 1.54) is 11.1 Å². The van der Waals surface area contributed by atoms with Crippen LogP contribution in [0.2, 0.25) is 0 Å². The molecule has 0 saturated carbocycles. The Morgan fingerprint density at radius 1 is 1.14 bits per heavy atom. The Kier molecular flexibility index (Phi) is 5.13. The van der Waals surface area contributed by atoms with Gasteiger partial charge in [0.1, 0.15) is 0 Å². The van der Waals surface area contributed by atoms with Crippen LogP contribution in [0.15, 0.2) is 24.3 Å². The van der Waals surface area contributed by atoms with Crippen molar-refractivity contribution < 1.29 is 14.4 Å². The molecule has 6 nitrogen and oxygen atoms in total. The van der Waals surface area contributed by atoms with E-state index in [1.54, 1.807) is 6.92 Å². The number of rotatable bonds is 4. The number of amides is 3. The van der Waals surface area contributed by atoms with Crippen LogP contribution >= 0.6 is 0 Å². The van der Waals surface area contributed by atoms with Crippen molar-refractivity contribution in [1.29, 1.82) is 0 Å². The molecule has 3 heterocycles. The number of nitrogens with zero attached hydrogens (tertiary/aromatic N) is 3. The molecule has 1 aromatic rings. The van der Waals surface area contributed by atoms with Gasteiger partial charge in [-0.25, -0.2) is 0 Å². The molecule has 1 aromatic carbocycles. The Morgan fingerprint density at radius 3 is 2.61 bits per heavy atom. The quantitative estimate of drug-likeness (QED) is 0.799. The minimum Gasteiger partial charge on any atom is -0.342 e. The van der Waals surface area contributed by atoms with E-state index in [2.05, 4.69) is 19.1 Å². The minimum atomic E-state index is 0.0432. The summed E-state index contributed by atoms with van der Waals surface area (Å²) in [5.41, 5.74) is 2.39. The highest BCUT2D eigenvalue weighted by Gasteiger charge is 2.49. The lowest BCUT2D eigenvalue weighted by Gasteiger charge is -2.30. The number of carbonyl (C=O) groups excluding carboxylic acids is 3. The predicted molar refractivity (Wildman–Crippen MR) is 105 cm³/mol. The van der Waals surface area contributed by atoms with Crippen LogP contribution in [0, 0.1) is 18.8 Å². The summed E-state index contributed by atoms with van der Waals surface area (Å²) in [5, 5.41) is 0. The molecule has 0 spiro atoms. The van der Waals surface area contributed by atoms with Gasteiger partial charge in [-0.1, -0.05) is 24.3 Å². The molecule has 3 aliphatic heterocycles. The van der Waals surface area contributed by atoms with Crippen molar-refractivity contribution in [2.75, 3.05) is 32.7 Å². The zero-order valence-corrected chi connectivity index (χ0v) is 16.8. The fourth-order valence-corrected chi connectivity index (χ4v) is 5.22. The van der Waals surface area contributed by atoms with E-state index in [-0.39, 0.29) is 29.7 Å². The standard InChI is InChI=1S/C22H29N3O3/c1-15-6-3-4-7-18(15)22-19-14-24(12-17(19)13-25(22)16(2)26)21(28)9-11-23-10-5-8-20(23)27/h3-4,6-7,17,19,22H,5,8-14H2,1-2H3/t17-,19-,22-/m1/s1. The Bertz CT molecular complexity index is 793. The van der Waals surface area contributed by atoms with Gasteiger partial charge in [0.15, 0.2) is 0 Å². The minimum absolute atomic E-state index is 0.0432. The van der Waals surface area contributed by atoms with Crippen LogP contribution in [0.1, 0.15) is 43.4 Å². The molecule has 0 unspecified atom stereocenters. The van der Waals surface area contributed by atoms with E-state index in [0.717, 1.165) is 13.0 Å². The lowest BCUT2D eigenvalue weighted by atomic mass is 9.87. The fourth-order valence-electron chi connectivity index (χ4n) is 5.22.